The third-order valence-electron chi connectivity index (χ3n) is 2.84. The standard InChI is InChI=1S/C13H14O3S2/c14-12(15)10-6-11(17-7-10)8-18-13(16)9-4-2-1-3-5-9/h1-5,10-11H,6-8H2,(H,14,15)/t10?,11-/m1/s1. The van der Waals surface area contributed by atoms with Crippen LogP contribution >= 0.6 is 23.5 Å². The van der Waals surface area contributed by atoms with E-state index in [-0.39, 0.29) is 16.3 Å². The molecule has 96 valence electrons. The predicted octanol–water partition coefficient (Wildman–Crippen LogP) is 2.77. The number of rotatable bonds is 4. The summed E-state index contributed by atoms with van der Waals surface area (Å²) in [5.41, 5.74) is 0.709. The Kier molecular flexibility index (Phi) is 4.72. The molecule has 0 aliphatic carbocycles. The van der Waals surface area contributed by atoms with Crippen molar-refractivity contribution in [3.05, 3.63) is 35.9 Å². The SMILES string of the molecule is O=C(SC[C@H]1CC(C(=O)O)CS1)c1ccccc1. The molecule has 1 N–H and O–H groups in total. The van der Waals surface area contributed by atoms with Crippen molar-refractivity contribution >= 4 is 34.6 Å². The second kappa shape index (κ2) is 6.29. The minimum absolute atomic E-state index is 0.0648. The molecule has 0 radical (unpaired) electrons. The van der Waals surface area contributed by atoms with E-state index >= 15 is 0 Å². The number of carboxylic acid groups (broad SMARTS) is 1. The van der Waals surface area contributed by atoms with E-state index in [9.17, 15) is 9.59 Å². The molecule has 3 nitrogen and oxygen atoms in total. The molecule has 1 heterocycles. The molecule has 1 unspecified atom stereocenters. The van der Waals surface area contributed by atoms with E-state index < -0.39 is 5.97 Å². The lowest BCUT2D eigenvalue weighted by Gasteiger charge is -2.07. The fourth-order valence-electron chi connectivity index (χ4n) is 1.82. The highest BCUT2D eigenvalue weighted by molar-refractivity contribution is 8.15. The molecule has 18 heavy (non-hydrogen) atoms. The van der Waals surface area contributed by atoms with Crippen LogP contribution in [0.15, 0.2) is 30.3 Å². The van der Waals surface area contributed by atoms with Gasteiger partial charge in [0.05, 0.1) is 5.92 Å². The maximum Gasteiger partial charge on any atom is 0.307 e. The van der Waals surface area contributed by atoms with Gasteiger partial charge in [-0.2, -0.15) is 11.8 Å². The van der Waals surface area contributed by atoms with E-state index in [1.54, 1.807) is 23.9 Å². The van der Waals surface area contributed by atoms with Crippen LogP contribution in [0.3, 0.4) is 0 Å². The zero-order valence-electron chi connectivity index (χ0n) is 9.74. The molecule has 0 amide bonds. The summed E-state index contributed by atoms with van der Waals surface area (Å²) < 4.78 is 0. The number of aliphatic carboxylic acids is 1. The molecule has 1 aliphatic heterocycles. The van der Waals surface area contributed by atoms with Crippen molar-refractivity contribution < 1.29 is 14.7 Å². The Hall–Kier alpha value is -0.940. The van der Waals surface area contributed by atoms with E-state index in [1.165, 1.54) is 11.8 Å². The molecule has 1 aliphatic rings. The number of thioether (sulfide) groups is 2. The molecule has 1 fully saturated rings. The summed E-state index contributed by atoms with van der Waals surface area (Å²) in [7, 11) is 0. The summed E-state index contributed by atoms with van der Waals surface area (Å²) in [5, 5.41) is 9.25. The van der Waals surface area contributed by atoms with Crippen LogP contribution in [0.4, 0.5) is 0 Å². The monoisotopic (exact) mass is 282 g/mol. The second-order valence-corrected chi connectivity index (χ2v) is 6.52. The van der Waals surface area contributed by atoms with E-state index in [4.69, 9.17) is 5.11 Å². The smallest absolute Gasteiger partial charge is 0.307 e. The van der Waals surface area contributed by atoms with Gasteiger partial charge in [0.25, 0.3) is 0 Å². The molecule has 0 spiro atoms. The number of carbonyl (C=O) groups is 2. The molecule has 2 atom stereocenters. The van der Waals surface area contributed by atoms with Gasteiger partial charge in [0.15, 0.2) is 0 Å². The Labute approximate surface area is 114 Å². The minimum Gasteiger partial charge on any atom is -0.481 e. The molecule has 1 aromatic carbocycles. The quantitative estimate of drug-likeness (QED) is 0.920. The van der Waals surface area contributed by atoms with Gasteiger partial charge in [0, 0.05) is 22.3 Å². The van der Waals surface area contributed by atoms with Crippen LogP contribution in [0, 0.1) is 5.92 Å². The average molecular weight is 282 g/mol. The molecule has 0 aromatic heterocycles. The fourth-order valence-corrected chi connectivity index (χ4v) is 4.34. The first-order valence-electron chi connectivity index (χ1n) is 5.73. The first kappa shape index (κ1) is 13.5. The van der Waals surface area contributed by atoms with E-state index in [2.05, 4.69) is 0 Å². The third-order valence-corrected chi connectivity index (χ3v) is 5.54. The van der Waals surface area contributed by atoms with Gasteiger partial charge in [0.1, 0.15) is 0 Å². The Bertz CT molecular complexity index is 433. The Morgan fingerprint density at radius 3 is 2.67 bits per heavy atom. The number of hydrogen-bond acceptors (Lipinski definition) is 4. The molecule has 1 aromatic rings. The first-order chi connectivity index (χ1) is 8.66. The molecule has 1 saturated heterocycles. The summed E-state index contributed by atoms with van der Waals surface area (Å²) in [4.78, 5) is 22.7. The van der Waals surface area contributed by atoms with Gasteiger partial charge in [0.2, 0.25) is 5.12 Å². The fraction of sp³-hybridized carbons (Fsp3) is 0.385. The van der Waals surface area contributed by atoms with Crippen LogP contribution in [0.5, 0.6) is 0 Å². The van der Waals surface area contributed by atoms with Crippen LogP contribution in [-0.2, 0) is 4.79 Å². The lowest BCUT2D eigenvalue weighted by atomic mass is 10.1. The van der Waals surface area contributed by atoms with Crippen molar-refractivity contribution in [2.45, 2.75) is 11.7 Å². The normalized spacial score (nSPS) is 22.9. The minimum atomic E-state index is -0.718. The Morgan fingerprint density at radius 2 is 2.06 bits per heavy atom. The second-order valence-electron chi connectivity index (χ2n) is 4.19. The summed E-state index contributed by atoms with van der Waals surface area (Å²) in [6.07, 6.45) is 0.676. The van der Waals surface area contributed by atoms with Crippen molar-refractivity contribution in [1.29, 1.82) is 0 Å². The number of benzene rings is 1. The van der Waals surface area contributed by atoms with Crippen molar-refractivity contribution in [2.24, 2.45) is 5.92 Å². The van der Waals surface area contributed by atoms with Gasteiger partial charge in [-0.1, -0.05) is 42.1 Å². The van der Waals surface area contributed by atoms with E-state index in [1.807, 2.05) is 18.2 Å². The van der Waals surface area contributed by atoms with E-state index in [0.717, 1.165) is 0 Å². The summed E-state index contributed by atoms with van der Waals surface area (Å²) in [6.45, 7) is 0. The highest BCUT2D eigenvalue weighted by Gasteiger charge is 2.30. The molecule has 5 heteroatoms. The van der Waals surface area contributed by atoms with Gasteiger partial charge >= 0.3 is 5.97 Å². The zero-order valence-corrected chi connectivity index (χ0v) is 11.4. The van der Waals surface area contributed by atoms with Crippen LogP contribution in [0.2, 0.25) is 0 Å². The molecule has 0 saturated carbocycles. The van der Waals surface area contributed by atoms with Crippen molar-refractivity contribution in [2.75, 3.05) is 11.5 Å². The summed E-state index contributed by atoms with van der Waals surface area (Å²) in [5.74, 6) is 0.402. The lowest BCUT2D eigenvalue weighted by molar-refractivity contribution is -0.140. The number of carbonyl (C=O) groups excluding carboxylic acids is 1. The third kappa shape index (κ3) is 3.53. The summed E-state index contributed by atoms with van der Waals surface area (Å²) >= 11 is 2.95. The van der Waals surface area contributed by atoms with Crippen molar-refractivity contribution in [3.8, 4) is 0 Å². The zero-order chi connectivity index (χ0) is 13.0. The molecular weight excluding hydrogens is 268 g/mol. The Morgan fingerprint density at radius 1 is 1.33 bits per heavy atom. The van der Waals surface area contributed by atoms with Gasteiger partial charge in [-0.05, 0) is 6.42 Å². The topological polar surface area (TPSA) is 54.4 Å². The largest absolute Gasteiger partial charge is 0.481 e. The lowest BCUT2D eigenvalue weighted by Crippen LogP contribution is -2.14. The maximum absolute atomic E-state index is 11.9. The Balaban J connectivity index is 1.79. The van der Waals surface area contributed by atoms with Crippen molar-refractivity contribution in [3.63, 3.8) is 0 Å². The van der Waals surface area contributed by atoms with Crippen LogP contribution in [0.1, 0.15) is 16.8 Å². The van der Waals surface area contributed by atoms with Crippen LogP contribution < -0.4 is 0 Å². The molecule has 0 bridgehead atoms. The van der Waals surface area contributed by atoms with Gasteiger partial charge in [-0.25, -0.2) is 0 Å². The summed E-state index contributed by atoms with van der Waals surface area (Å²) in [6, 6.07) is 9.18. The average Bonchev–Trinajstić information content (AvgIpc) is 2.86. The molecular formula is C13H14O3S2. The highest BCUT2D eigenvalue weighted by atomic mass is 32.2. The predicted molar refractivity (Wildman–Crippen MR) is 75.2 cm³/mol. The van der Waals surface area contributed by atoms with Gasteiger partial charge < -0.3 is 5.11 Å². The van der Waals surface area contributed by atoms with Crippen LogP contribution in [0.25, 0.3) is 0 Å². The number of carboxylic acids is 1. The first-order valence-corrected chi connectivity index (χ1v) is 7.77. The van der Waals surface area contributed by atoms with Gasteiger partial charge in [-0.3, -0.25) is 9.59 Å². The molecule has 2 rings (SSSR count). The van der Waals surface area contributed by atoms with Crippen LogP contribution in [-0.4, -0.2) is 32.9 Å². The number of hydrogen-bond donors (Lipinski definition) is 1. The highest BCUT2D eigenvalue weighted by Crippen LogP contribution is 2.34. The van der Waals surface area contributed by atoms with Gasteiger partial charge in [-0.15, -0.1) is 0 Å². The maximum atomic E-state index is 11.9. The van der Waals surface area contributed by atoms with Crippen molar-refractivity contribution in [1.82, 2.24) is 0 Å². The van der Waals surface area contributed by atoms with E-state index in [0.29, 0.717) is 23.5 Å².